The van der Waals surface area contributed by atoms with Gasteiger partial charge in [-0.05, 0) is 56.6 Å². The van der Waals surface area contributed by atoms with Gasteiger partial charge in [-0.15, -0.1) is 0 Å². The fourth-order valence-electron chi connectivity index (χ4n) is 3.51. The minimum absolute atomic E-state index is 0.0301. The highest BCUT2D eigenvalue weighted by Crippen LogP contribution is 2.38. The highest BCUT2D eigenvalue weighted by Gasteiger charge is 2.30. The zero-order valence-electron chi connectivity index (χ0n) is 16.8. The number of nitrogens with one attached hydrogen (secondary N) is 1. The summed E-state index contributed by atoms with van der Waals surface area (Å²) in [5.74, 6) is 1.86. The number of carbonyl (C=O) groups excluding carboxylic acids is 1. The summed E-state index contributed by atoms with van der Waals surface area (Å²) in [6.45, 7) is 4.46. The van der Waals surface area contributed by atoms with E-state index in [1.807, 2.05) is 25.1 Å². The molecule has 0 unspecified atom stereocenters. The van der Waals surface area contributed by atoms with Crippen molar-refractivity contribution in [3.63, 3.8) is 0 Å². The van der Waals surface area contributed by atoms with E-state index in [2.05, 4.69) is 20.3 Å². The quantitative estimate of drug-likeness (QED) is 0.631. The number of nitrogens with zero attached hydrogens (tertiary/aromatic N) is 3. The molecule has 0 spiro atoms. The number of rotatable bonds is 10. The molecule has 2 aromatic rings. The van der Waals surface area contributed by atoms with Crippen molar-refractivity contribution in [2.45, 2.75) is 52.2 Å². The van der Waals surface area contributed by atoms with Crippen LogP contribution < -0.4 is 14.8 Å². The molecule has 1 aliphatic carbocycles. The minimum Gasteiger partial charge on any atom is -0.476 e. The molecule has 156 valence electrons. The van der Waals surface area contributed by atoms with Crippen LogP contribution in [0, 0.1) is 11.8 Å². The van der Waals surface area contributed by atoms with Gasteiger partial charge in [-0.3, -0.25) is 9.78 Å². The van der Waals surface area contributed by atoms with Crippen molar-refractivity contribution in [3.8, 4) is 11.8 Å². The molecule has 0 saturated heterocycles. The predicted molar refractivity (Wildman–Crippen MR) is 110 cm³/mol. The smallest absolute Gasteiger partial charge is 0.240 e. The number of amides is 1. The van der Waals surface area contributed by atoms with Crippen molar-refractivity contribution in [1.29, 1.82) is 0 Å². The lowest BCUT2D eigenvalue weighted by Gasteiger charge is -2.35. The van der Waals surface area contributed by atoms with Gasteiger partial charge < -0.3 is 14.8 Å². The first-order valence-corrected chi connectivity index (χ1v) is 10.3. The zero-order chi connectivity index (χ0) is 20.6. The number of halogens is 1. The Hall–Kier alpha value is -2.41. The maximum Gasteiger partial charge on any atom is 0.240 e. The van der Waals surface area contributed by atoms with Crippen LogP contribution in [0.3, 0.4) is 0 Å². The second-order valence-electron chi connectivity index (χ2n) is 7.60. The average Bonchev–Trinajstić information content (AvgIpc) is 2.66. The van der Waals surface area contributed by atoms with E-state index in [-0.39, 0.29) is 23.6 Å². The molecule has 1 fully saturated rings. The first-order chi connectivity index (χ1) is 14.0. The first-order valence-electron chi connectivity index (χ1n) is 9.94. The van der Waals surface area contributed by atoms with Gasteiger partial charge in [-0.2, -0.15) is 0 Å². The second-order valence-corrected chi connectivity index (χ2v) is 7.98. The maximum absolute atomic E-state index is 11.1. The topological polar surface area (TPSA) is 86.2 Å². The van der Waals surface area contributed by atoms with Crippen LogP contribution in [-0.2, 0) is 11.4 Å². The Morgan fingerprint density at radius 1 is 1.21 bits per heavy atom. The van der Waals surface area contributed by atoms with Gasteiger partial charge in [-0.25, -0.2) is 9.97 Å². The second kappa shape index (κ2) is 10.4. The van der Waals surface area contributed by atoms with Gasteiger partial charge in [0.05, 0.1) is 12.3 Å². The van der Waals surface area contributed by atoms with E-state index in [4.69, 9.17) is 21.1 Å². The van der Waals surface area contributed by atoms with Crippen LogP contribution in [0.15, 0.2) is 30.7 Å². The van der Waals surface area contributed by atoms with Crippen molar-refractivity contribution in [1.82, 2.24) is 20.3 Å². The largest absolute Gasteiger partial charge is 0.476 e. The van der Waals surface area contributed by atoms with Crippen molar-refractivity contribution in [2.75, 3.05) is 6.61 Å². The molecule has 0 aliphatic heterocycles. The van der Waals surface area contributed by atoms with Crippen LogP contribution in [0.25, 0.3) is 0 Å². The highest BCUT2D eigenvalue weighted by atomic mass is 35.5. The third kappa shape index (κ3) is 6.56. The van der Waals surface area contributed by atoms with Crippen LogP contribution in [0.2, 0.25) is 5.02 Å². The molecular weight excluding hydrogens is 392 g/mol. The zero-order valence-corrected chi connectivity index (χ0v) is 17.6. The summed E-state index contributed by atoms with van der Waals surface area (Å²) in [5.41, 5.74) is 0.790. The monoisotopic (exact) mass is 418 g/mol. The van der Waals surface area contributed by atoms with Gasteiger partial charge in [0.25, 0.3) is 0 Å². The molecule has 29 heavy (non-hydrogen) atoms. The van der Waals surface area contributed by atoms with Crippen LogP contribution in [-0.4, -0.2) is 33.5 Å². The number of hydrogen-bond acceptors (Lipinski definition) is 6. The number of carbonyl (C=O) groups is 1. The molecule has 2 heterocycles. The normalized spacial score (nSPS) is 19.1. The summed E-state index contributed by atoms with van der Waals surface area (Å²) in [5, 5.41) is 3.21. The number of hydrogen-bond donors (Lipinski definition) is 1. The van der Waals surface area contributed by atoms with Crippen LogP contribution in [0.1, 0.15) is 45.2 Å². The standard InChI is InChI=1S/C21H27ClN4O3/c1-14(26-15(2)27)6-7-16-9-17(10-16)11-28-20-19(22)21(25-13-24-20)29-12-18-5-3-4-8-23-18/h3-5,8,13-14,16-17H,6-7,9-12H2,1-2H3,(H,26,27)/t14-,16-,17+/m0/s1. The van der Waals surface area contributed by atoms with Crippen molar-refractivity contribution >= 4 is 17.5 Å². The third-order valence-electron chi connectivity index (χ3n) is 5.06. The molecule has 1 atom stereocenters. The lowest BCUT2D eigenvalue weighted by Crippen LogP contribution is -2.33. The van der Waals surface area contributed by atoms with E-state index in [1.54, 1.807) is 13.1 Å². The molecule has 1 N–H and O–H groups in total. The average molecular weight is 419 g/mol. The molecule has 7 nitrogen and oxygen atoms in total. The molecule has 3 rings (SSSR count). The minimum atomic E-state index is 0.0301. The molecule has 2 aromatic heterocycles. The van der Waals surface area contributed by atoms with Crippen LogP contribution in [0.4, 0.5) is 0 Å². The molecule has 0 bridgehead atoms. The Morgan fingerprint density at radius 2 is 1.97 bits per heavy atom. The lowest BCUT2D eigenvalue weighted by atomic mass is 9.73. The van der Waals surface area contributed by atoms with Gasteiger partial charge in [0.2, 0.25) is 17.7 Å². The van der Waals surface area contributed by atoms with E-state index in [9.17, 15) is 4.79 Å². The fraction of sp³-hybridized carbons (Fsp3) is 0.524. The molecule has 1 amide bonds. The number of aromatic nitrogens is 3. The summed E-state index contributed by atoms with van der Waals surface area (Å²) in [6.07, 6.45) is 7.48. The highest BCUT2D eigenvalue weighted by molar-refractivity contribution is 6.33. The molecular formula is C21H27ClN4O3. The van der Waals surface area contributed by atoms with E-state index < -0.39 is 0 Å². The van der Waals surface area contributed by atoms with Crippen LogP contribution >= 0.6 is 11.6 Å². The van der Waals surface area contributed by atoms with Gasteiger partial charge in [0, 0.05) is 19.2 Å². The predicted octanol–water partition coefficient (Wildman–Crippen LogP) is 3.81. The summed E-state index contributed by atoms with van der Waals surface area (Å²) in [4.78, 5) is 23.5. The fourth-order valence-corrected chi connectivity index (χ4v) is 3.72. The van der Waals surface area contributed by atoms with Gasteiger partial charge in [0.1, 0.15) is 12.9 Å². The Kier molecular flexibility index (Phi) is 7.63. The van der Waals surface area contributed by atoms with E-state index in [0.29, 0.717) is 30.2 Å². The van der Waals surface area contributed by atoms with Gasteiger partial charge >= 0.3 is 0 Å². The van der Waals surface area contributed by atoms with Gasteiger partial charge in [0.15, 0.2) is 5.02 Å². The Bertz CT molecular complexity index is 800. The summed E-state index contributed by atoms with van der Waals surface area (Å²) in [7, 11) is 0. The number of ether oxygens (including phenoxy) is 2. The lowest BCUT2D eigenvalue weighted by molar-refractivity contribution is -0.119. The molecule has 1 saturated carbocycles. The Balaban J connectivity index is 1.40. The van der Waals surface area contributed by atoms with E-state index >= 15 is 0 Å². The van der Waals surface area contributed by atoms with E-state index in [1.165, 1.54) is 6.33 Å². The van der Waals surface area contributed by atoms with Crippen molar-refractivity contribution in [2.24, 2.45) is 11.8 Å². The molecule has 8 heteroatoms. The molecule has 0 aromatic carbocycles. The van der Waals surface area contributed by atoms with E-state index in [0.717, 1.165) is 31.4 Å². The van der Waals surface area contributed by atoms with Crippen LogP contribution in [0.5, 0.6) is 11.8 Å². The third-order valence-corrected chi connectivity index (χ3v) is 5.38. The molecule has 0 radical (unpaired) electrons. The molecule has 1 aliphatic rings. The Labute approximate surface area is 176 Å². The van der Waals surface area contributed by atoms with Crippen molar-refractivity contribution < 1.29 is 14.3 Å². The van der Waals surface area contributed by atoms with Gasteiger partial charge in [-0.1, -0.05) is 17.7 Å². The van der Waals surface area contributed by atoms with Crippen molar-refractivity contribution in [3.05, 3.63) is 41.4 Å². The summed E-state index contributed by atoms with van der Waals surface area (Å²) >= 11 is 6.34. The first kappa shape index (κ1) is 21.3. The maximum atomic E-state index is 11.1. The Morgan fingerprint density at radius 3 is 2.66 bits per heavy atom. The summed E-state index contributed by atoms with van der Waals surface area (Å²) < 4.78 is 11.5. The number of pyridine rings is 1. The summed E-state index contributed by atoms with van der Waals surface area (Å²) in [6, 6.07) is 5.85. The SMILES string of the molecule is CC(=O)N[C@@H](C)CC[C@H]1C[C@@H](COc2ncnc(OCc3ccccn3)c2Cl)C1.